The second-order valence-electron chi connectivity index (χ2n) is 7.45. The quantitative estimate of drug-likeness (QED) is 0.623. The van der Waals surface area contributed by atoms with Crippen LogP contribution in [0.5, 0.6) is 0 Å². The molecule has 0 spiro atoms. The fourth-order valence-electron chi connectivity index (χ4n) is 4.06. The monoisotopic (exact) mass is 418 g/mol. The molecule has 30 heavy (non-hydrogen) atoms. The first kappa shape index (κ1) is 20.0. The van der Waals surface area contributed by atoms with Gasteiger partial charge in [0.15, 0.2) is 0 Å². The van der Waals surface area contributed by atoms with Crippen LogP contribution in [0.3, 0.4) is 0 Å². The molecule has 3 aliphatic heterocycles. The van der Waals surface area contributed by atoms with E-state index in [9.17, 15) is 28.4 Å². The van der Waals surface area contributed by atoms with Crippen LogP contribution in [0.15, 0.2) is 12.1 Å². The minimum absolute atomic E-state index is 0.00401. The van der Waals surface area contributed by atoms with Gasteiger partial charge in [0.2, 0.25) is 11.8 Å². The number of carboxylic acids is 1. The van der Waals surface area contributed by atoms with Gasteiger partial charge in [-0.3, -0.25) is 39.1 Å². The van der Waals surface area contributed by atoms with Crippen molar-refractivity contribution in [2.75, 3.05) is 37.6 Å². The Morgan fingerprint density at radius 2 is 1.70 bits per heavy atom. The number of amides is 4. The van der Waals surface area contributed by atoms with Gasteiger partial charge in [0, 0.05) is 32.6 Å². The number of piperazine rings is 1. The number of hydrogen-bond acceptors (Lipinski definition) is 7. The molecule has 10 nitrogen and oxygen atoms in total. The Labute approximate surface area is 170 Å². The smallest absolute Gasteiger partial charge is 0.317 e. The number of rotatable bonds is 4. The molecule has 4 rings (SSSR count). The van der Waals surface area contributed by atoms with E-state index in [2.05, 4.69) is 5.32 Å². The number of nitrogens with zero attached hydrogens (tertiary/aromatic N) is 3. The minimum Gasteiger partial charge on any atom is -0.480 e. The van der Waals surface area contributed by atoms with E-state index in [1.807, 2.05) is 0 Å². The average molecular weight is 418 g/mol. The summed E-state index contributed by atoms with van der Waals surface area (Å²) in [4.78, 5) is 64.1. The minimum atomic E-state index is -1.11. The van der Waals surface area contributed by atoms with Gasteiger partial charge in [-0.15, -0.1) is 0 Å². The third-order valence-corrected chi connectivity index (χ3v) is 5.58. The van der Waals surface area contributed by atoms with Gasteiger partial charge in [-0.1, -0.05) is 0 Å². The zero-order valence-electron chi connectivity index (χ0n) is 15.9. The largest absolute Gasteiger partial charge is 0.480 e. The normalized spacial score (nSPS) is 22.4. The van der Waals surface area contributed by atoms with E-state index in [1.54, 1.807) is 9.80 Å². The molecular formula is C19H19FN4O6. The number of aliphatic carboxylic acids is 1. The highest BCUT2D eigenvalue weighted by molar-refractivity contribution is 6.23. The van der Waals surface area contributed by atoms with Crippen molar-refractivity contribution in [2.24, 2.45) is 0 Å². The van der Waals surface area contributed by atoms with Crippen molar-refractivity contribution >= 4 is 35.3 Å². The SMILES string of the molecule is O=C(O)CN1CCN(c2cc3c(cc2F)C(=O)N(C2CCC(=O)NC2=O)C3=O)CC1. The molecule has 3 heterocycles. The first-order valence-corrected chi connectivity index (χ1v) is 9.50. The number of hydrogen-bond donors (Lipinski definition) is 2. The lowest BCUT2D eigenvalue weighted by Gasteiger charge is -2.35. The van der Waals surface area contributed by atoms with Gasteiger partial charge in [0.25, 0.3) is 11.8 Å². The number of fused-ring (bicyclic) bond motifs is 1. The number of benzene rings is 1. The van der Waals surface area contributed by atoms with E-state index < -0.39 is 41.5 Å². The van der Waals surface area contributed by atoms with Crippen LogP contribution in [0, 0.1) is 5.82 Å². The Hall–Kier alpha value is -3.34. The van der Waals surface area contributed by atoms with Gasteiger partial charge in [-0.2, -0.15) is 0 Å². The fourth-order valence-corrected chi connectivity index (χ4v) is 4.06. The number of imide groups is 2. The molecule has 0 radical (unpaired) electrons. The summed E-state index contributed by atoms with van der Waals surface area (Å²) >= 11 is 0. The number of carboxylic acid groups (broad SMARTS) is 1. The molecule has 2 fully saturated rings. The maximum absolute atomic E-state index is 14.8. The highest BCUT2D eigenvalue weighted by atomic mass is 19.1. The molecule has 2 saturated heterocycles. The Balaban J connectivity index is 1.56. The average Bonchev–Trinajstić information content (AvgIpc) is 2.92. The zero-order chi connectivity index (χ0) is 21.6. The third-order valence-electron chi connectivity index (χ3n) is 5.58. The van der Waals surface area contributed by atoms with E-state index in [0.29, 0.717) is 26.2 Å². The molecule has 0 saturated carbocycles. The molecule has 1 unspecified atom stereocenters. The molecule has 0 aromatic heterocycles. The summed E-state index contributed by atoms with van der Waals surface area (Å²) in [6.45, 7) is 1.45. The van der Waals surface area contributed by atoms with Crippen LogP contribution >= 0.6 is 0 Å². The number of nitrogens with one attached hydrogen (secondary N) is 1. The van der Waals surface area contributed by atoms with Crippen molar-refractivity contribution in [3.63, 3.8) is 0 Å². The molecular weight excluding hydrogens is 399 g/mol. The third kappa shape index (κ3) is 3.41. The molecule has 3 aliphatic rings. The van der Waals surface area contributed by atoms with E-state index in [-0.39, 0.29) is 36.2 Å². The number of carbonyl (C=O) groups excluding carboxylic acids is 4. The van der Waals surface area contributed by atoms with Crippen molar-refractivity contribution in [1.29, 1.82) is 0 Å². The van der Waals surface area contributed by atoms with Crippen LogP contribution in [0.1, 0.15) is 33.6 Å². The second-order valence-corrected chi connectivity index (χ2v) is 7.45. The van der Waals surface area contributed by atoms with Gasteiger partial charge in [-0.25, -0.2) is 4.39 Å². The summed E-state index contributed by atoms with van der Waals surface area (Å²) in [5.74, 6) is -4.27. The zero-order valence-corrected chi connectivity index (χ0v) is 15.9. The molecule has 2 N–H and O–H groups in total. The van der Waals surface area contributed by atoms with Crippen LogP contribution in [-0.4, -0.2) is 83.3 Å². The van der Waals surface area contributed by atoms with Crippen LogP contribution in [0.4, 0.5) is 10.1 Å². The highest BCUT2D eigenvalue weighted by Crippen LogP contribution is 2.33. The summed E-state index contributed by atoms with van der Waals surface area (Å²) in [6, 6.07) is 1.20. The van der Waals surface area contributed by atoms with E-state index in [4.69, 9.17) is 5.11 Å². The van der Waals surface area contributed by atoms with E-state index in [0.717, 1.165) is 11.0 Å². The Morgan fingerprint density at radius 1 is 1.07 bits per heavy atom. The topological polar surface area (TPSA) is 127 Å². The second kappa shape index (κ2) is 7.48. The fraction of sp³-hybridized carbons (Fsp3) is 0.421. The first-order chi connectivity index (χ1) is 14.3. The number of anilines is 1. The predicted octanol–water partition coefficient (Wildman–Crippen LogP) is -0.566. The molecule has 0 bridgehead atoms. The molecule has 158 valence electrons. The van der Waals surface area contributed by atoms with Crippen LogP contribution in [-0.2, 0) is 14.4 Å². The maximum Gasteiger partial charge on any atom is 0.317 e. The summed E-state index contributed by atoms with van der Waals surface area (Å²) in [5.41, 5.74) is 0.0412. The summed E-state index contributed by atoms with van der Waals surface area (Å²) < 4.78 is 14.8. The number of carbonyl (C=O) groups is 5. The Morgan fingerprint density at radius 3 is 2.30 bits per heavy atom. The van der Waals surface area contributed by atoms with Gasteiger partial charge in [0.05, 0.1) is 23.4 Å². The van der Waals surface area contributed by atoms with Gasteiger partial charge < -0.3 is 10.0 Å². The molecule has 11 heteroatoms. The van der Waals surface area contributed by atoms with Crippen molar-refractivity contribution in [2.45, 2.75) is 18.9 Å². The van der Waals surface area contributed by atoms with Crippen LogP contribution < -0.4 is 10.2 Å². The summed E-state index contributed by atoms with van der Waals surface area (Å²) in [5, 5.41) is 11.0. The van der Waals surface area contributed by atoms with Crippen molar-refractivity contribution < 1.29 is 33.5 Å². The lowest BCUT2D eigenvalue weighted by molar-refractivity contribution is -0.138. The Bertz CT molecular complexity index is 972. The molecule has 0 aliphatic carbocycles. The number of piperidine rings is 1. The first-order valence-electron chi connectivity index (χ1n) is 9.50. The number of halogens is 1. The molecule has 1 atom stereocenters. The maximum atomic E-state index is 14.8. The van der Waals surface area contributed by atoms with Crippen molar-refractivity contribution in [1.82, 2.24) is 15.1 Å². The van der Waals surface area contributed by atoms with Crippen molar-refractivity contribution in [3.05, 3.63) is 29.1 Å². The van der Waals surface area contributed by atoms with Gasteiger partial charge in [-0.05, 0) is 18.6 Å². The van der Waals surface area contributed by atoms with Crippen LogP contribution in [0.2, 0.25) is 0 Å². The summed E-state index contributed by atoms with van der Waals surface area (Å²) in [6.07, 6.45) is 0.0288. The lowest BCUT2D eigenvalue weighted by Crippen LogP contribution is -2.54. The molecule has 1 aromatic rings. The Kier molecular flexibility index (Phi) is 4.98. The molecule has 1 aromatic carbocycles. The van der Waals surface area contributed by atoms with E-state index in [1.165, 1.54) is 6.07 Å². The highest BCUT2D eigenvalue weighted by Gasteiger charge is 2.45. The lowest BCUT2D eigenvalue weighted by atomic mass is 10.0. The van der Waals surface area contributed by atoms with Crippen LogP contribution in [0.25, 0.3) is 0 Å². The summed E-state index contributed by atoms with van der Waals surface area (Å²) in [7, 11) is 0. The van der Waals surface area contributed by atoms with Gasteiger partial charge >= 0.3 is 5.97 Å². The van der Waals surface area contributed by atoms with E-state index >= 15 is 0 Å². The van der Waals surface area contributed by atoms with Crippen molar-refractivity contribution in [3.8, 4) is 0 Å². The predicted molar refractivity (Wildman–Crippen MR) is 99.4 cm³/mol. The van der Waals surface area contributed by atoms with Gasteiger partial charge in [0.1, 0.15) is 11.9 Å². The molecule has 4 amide bonds. The standard InChI is InChI=1S/C19H19FN4O6/c20-12-7-10-11(8-14(12)23-5-3-22(4-6-23)9-16(26)27)19(30)24(18(10)29)13-1-2-15(25)21-17(13)28/h7-8,13H,1-6,9H2,(H,26,27)(H,21,25,28).